The zero-order chi connectivity index (χ0) is 26.3. The highest BCUT2D eigenvalue weighted by Crippen LogP contribution is 2.45. The Bertz CT molecular complexity index is 2000. The second-order valence-corrected chi connectivity index (χ2v) is 9.42. The van der Waals surface area contributed by atoms with Gasteiger partial charge in [0.05, 0.1) is 39.8 Å². The minimum atomic E-state index is -0.499. The van der Waals surface area contributed by atoms with Crippen molar-refractivity contribution in [2.45, 2.75) is 13.2 Å². The summed E-state index contributed by atoms with van der Waals surface area (Å²) in [4.78, 5) is 35.2. The van der Waals surface area contributed by atoms with Crippen LogP contribution in [0.1, 0.15) is 31.8 Å². The number of hydrogen-bond donors (Lipinski definition) is 5. The van der Waals surface area contributed by atoms with Crippen molar-refractivity contribution in [3.05, 3.63) is 77.1 Å². The number of pyridine rings is 1. The molecule has 0 spiro atoms. The van der Waals surface area contributed by atoms with Crippen LogP contribution in [0.15, 0.2) is 54.9 Å². The van der Waals surface area contributed by atoms with Gasteiger partial charge in [-0.3, -0.25) is 14.6 Å². The Morgan fingerprint density at radius 1 is 0.921 bits per heavy atom. The quantitative estimate of drug-likeness (QED) is 0.230. The first-order valence-corrected chi connectivity index (χ1v) is 12.0. The summed E-state index contributed by atoms with van der Waals surface area (Å²) in [6.45, 7) is -0.0966. The average molecular weight is 508 g/mol. The Morgan fingerprint density at radius 2 is 1.63 bits per heavy atom. The third kappa shape index (κ3) is 2.86. The maximum absolute atomic E-state index is 13.9. The van der Waals surface area contributed by atoms with Crippen LogP contribution in [0.5, 0.6) is 11.5 Å². The molecule has 0 saturated heterocycles. The third-order valence-electron chi connectivity index (χ3n) is 7.39. The topological polar surface area (TPSA) is 144 Å². The zero-order valence-electron chi connectivity index (χ0n) is 20.1. The van der Waals surface area contributed by atoms with E-state index in [1.54, 1.807) is 54.9 Å². The number of carbonyl (C=O) groups is 2. The summed E-state index contributed by atoms with van der Waals surface area (Å²) < 4.78 is 1.89. The van der Waals surface area contributed by atoms with Crippen LogP contribution in [-0.2, 0) is 20.2 Å². The maximum Gasteiger partial charge on any atom is 0.276 e. The molecule has 10 nitrogen and oxygen atoms in total. The van der Waals surface area contributed by atoms with Crippen molar-refractivity contribution in [2.24, 2.45) is 7.05 Å². The summed E-state index contributed by atoms with van der Waals surface area (Å²) in [5.41, 5.74) is 7.47. The van der Waals surface area contributed by atoms with Gasteiger partial charge >= 0.3 is 0 Å². The van der Waals surface area contributed by atoms with E-state index >= 15 is 0 Å². The molecule has 4 heterocycles. The second kappa shape index (κ2) is 7.78. The minimum absolute atomic E-state index is 0.0710. The van der Waals surface area contributed by atoms with Crippen molar-refractivity contribution in [3.8, 4) is 11.5 Å². The lowest BCUT2D eigenvalue weighted by atomic mass is 9.96. The van der Waals surface area contributed by atoms with Gasteiger partial charge in [-0.25, -0.2) is 10.4 Å². The van der Waals surface area contributed by atoms with Crippen LogP contribution in [0.3, 0.4) is 0 Å². The Balaban J connectivity index is 1.52. The molecule has 7 rings (SSSR count). The van der Waals surface area contributed by atoms with Crippen LogP contribution in [0.2, 0.25) is 0 Å². The number of aromatic amines is 1. The normalized spacial score (nSPS) is 13.6. The van der Waals surface area contributed by atoms with Crippen molar-refractivity contribution in [3.63, 3.8) is 0 Å². The van der Waals surface area contributed by atoms with E-state index < -0.39 is 11.8 Å². The molecule has 2 amide bonds. The van der Waals surface area contributed by atoms with E-state index in [0.29, 0.717) is 49.4 Å². The SMILES string of the molecule is Cn1c2cc(O)ccc2c2c3c(c4c5ccc(O)cc5[nH]c4c21)C(=O)N(NCc1ccncc1CO)C3=O. The molecule has 0 unspecified atom stereocenters. The number of hydrazine groups is 1. The first-order chi connectivity index (χ1) is 18.4. The lowest BCUT2D eigenvalue weighted by Crippen LogP contribution is -2.42. The largest absolute Gasteiger partial charge is 0.508 e. The van der Waals surface area contributed by atoms with Gasteiger partial charge in [0.2, 0.25) is 0 Å². The number of amides is 2. The number of hydrogen-bond acceptors (Lipinski definition) is 7. The second-order valence-electron chi connectivity index (χ2n) is 9.42. The predicted molar refractivity (Wildman–Crippen MR) is 141 cm³/mol. The molecular weight excluding hydrogens is 486 g/mol. The number of fused-ring (bicyclic) bond motifs is 10. The van der Waals surface area contributed by atoms with Crippen LogP contribution in [0, 0.1) is 0 Å². The molecule has 0 saturated carbocycles. The number of benzene rings is 3. The van der Waals surface area contributed by atoms with Gasteiger partial charge in [-0.2, -0.15) is 0 Å². The number of aryl methyl sites for hydroxylation is 1. The third-order valence-corrected chi connectivity index (χ3v) is 7.39. The number of aromatic hydroxyl groups is 2. The highest BCUT2D eigenvalue weighted by molar-refractivity contribution is 6.39. The predicted octanol–water partition coefficient (Wildman–Crippen LogP) is 3.57. The fourth-order valence-electron chi connectivity index (χ4n) is 5.67. The number of rotatable bonds is 4. The first kappa shape index (κ1) is 22.3. The number of aliphatic hydroxyl groups is 1. The standard InChI is InChI=1S/C28H21N5O5/c1-32-20-9-16(36)3-5-18(20)22-24-23(21-17-4-2-15(35)8-19(17)31-25(21)26(22)32)27(37)33(28(24)38)30-11-13-6-7-29-10-14(13)12-34/h2-10,30-31,34-36H,11-12H2,1H3. The number of carbonyl (C=O) groups excluding carboxylic acids is 2. The lowest BCUT2D eigenvalue weighted by molar-refractivity contribution is 0.0563. The monoisotopic (exact) mass is 507 g/mol. The Labute approximate surface area is 214 Å². The lowest BCUT2D eigenvalue weighted by Gasteiger charge is -2.16. The Kier molecular flexibility index (Phi) is 4.56. The van der Waals surface area contributed by atoms with Gasteiger partial charge in [0, 0.05) is 65.2 Å². The van der Waals surface area contributed by atoms with Gasteiger partial charge in [-0.15, -0.1) is 0 Å². The van der Waals surface area contributed by atoms with E-state index in [1.165, 1.54) is 0 Å². The maximum atomic E-state index is 13.9. The van der Waals surface area contributed by atoms with Gasteiger partial charge in [-0.05, 0) is 35.9 Å². The number of phenols is 2. The average Bonchev–Trinajstić information content (AvgIpc) is 3.50. The van der Waals surface area contributed by atoms with Crippen LogP contribution in [0.4, 0.5) is 0 Å². The summed E-state index contributed by atoms with van der Waals surface area (Å²) >= 11 is 0. The molecule has 5 N–H and O–H groups in total. The number of H-pyrrole nitrogens is 1. The van der Waals surface area contributed by atoms with Gasteiger partial charge in [0.25, 0.3) is 11.8 Å². The molecule has 0 radical (unpaired) electrons. The molecule has 188 valence electrons. The summed E-state index contributed by atoms with van der Waals surface area (Å²) in [7, 11) is 1.84. The summed E-state index contributed by atoms with van der Waals surface area (Å²) in [5.74, 6) is -0.839. The summed E-state index contributed by atoms with van der Waals surface area (Å²) in [5, 5.41) is 33.6. The number of aliphatic hydroxyl groups excluding tert-OH is 1. The van der Waals surface area contributed by atoms with E-state index in [4.69, 9.17) is 0 Å². The Morgan fingerprint density at radius 3 is 2.39 bits per heavy atom. The van der Waals surface area contributed by atoms with E-state index in [-0.39, 0.29) is 35.8 Å². The molecule has 1 aliphatic heterocycles. The van der Waals surface area contributed by atoms with Crippen molar-refractivity contribution in [1.29, 1.82) is 0 Å². The molecule has 0 bridgehead atoms. The number of aromatic nitrogens is 3. The summed E-state index contributed by atoms with van der Waals surface area (Å²) in [6, 6.07) is 11.5. The molecule has 0 atom stereocenters. The van der Waals surface area contributed by atoms with E-state index in [1.807, 2.05) is 11.6 Å². The van der Waals surface area contributed by atoms with Gasteiger partial charge < -0.3 is 24.9 Å². The molecule has 38 heavy (non-hydrogen) atoms. The van der Waals surface area contributed by atoms with Crippen LogP contribution in [0.25, 0.3) is 43.6 Å². The summed E-state index contributed by atoms with van der Waals surface area (Å²) in [6.07, 6.45) is 3.12. The zero-order valence-corrected chi connectivity index (χ0v) is 20.1. The first-order valence-electron chi connectivity index (χ1n) is 12.0. The van der Waals surface area contributed by atoms with Crippen LogP contribution < -0.4 is 5.43 Å². The van der Waals surface area contributed by atoms with Crippen molar-refractivity contribution < 1.29 is 24.9 Å². The number of nitrogens with one attached hydrogen (secondary N) is 2. The highest BCUT2D eigenvalue weighted by atomic mass is 16.3. The van der Waals surface area contributed by atoms with Gasteiger partial charge in [0.1, 0.15) is 11.5 Å². The number of nitrogens with zero attached hydrogens (tertiary/aromatic N) is 3. The minimum Gasteiger partial charge on any atom is -0.508 e. The van der Waals surface area contributed by atoms with Crippen LogP contribution >= 0.6 is 0 Å². The Hall–Kier alpha value is -4.93. The van der Waals surface area contributed by atoms with Crippen LogP contribution in [-0.4, -0.2) is 46.7 Å². The molecule has 0 fully saturated rings. The molecule has 3 aromatic carbocycles. The molecule has 1 aliphatic rings. The van der Waals surface area contributed by atoms with Gasteiger partial charge in [-0.1, -0.05) is 0 Å². The number of phenolic OH excluding ortho intramolecular Hbond substituents is 2. The van der Waals surface area contributed by atoms with Crippen molar-refractivity contribution in [2.75, 3.05) is 0 Å². The number of imide groups is 1. The fourth-order valence-corrected chi connectivity index (χ4v) is 5.67. The molecule has 6 aromatic rings. The molecular formula is C28H21N5O5. The van der Waals surface area contributed by atoms with Gasteiger partial charge in [0.15, 0.2) is 0 Å². The van der Waals surface area contributed by atoms with E-state index in [0.717, 1.165) is 10.4 Å². The van der Waals surface area contributed by atoms with E-state index in [2.05, 4.69) is 15.4 Å². The van der Waals surface area contributed by atoms with Crippen molar-refractivity contribution in [1.82, 2.24) is 25.0 Å². The molecule has 3 aromatic heterocycles. The van der Waals surface area contributed by atoms with E-state index in [9.17, 15) is 24.9 Å². The molecule has 10 heteroatoms. The molecule has 0 aliphatic carbocycles. The smallest absolute Gasteiger partial charge is 0.276 e. The van der Waals surface area contributed by atoms with Crippen molar-refractivity contribution >= 4 is 55.4 Å². The highest BCUT2D eigenvalue weighted by Gasteiger charge is 2.41. The fraction of sp³-hybridized carbons (Fsp3) is 0.107.